The Hall–Kier alpha value is -2.49. The molecule has 1 aromatic carbocycles. The first-order valence-electron chi connectivity index (χ1n) is 10.6. The molecule has 2 unspecified atom stereocenters. The third-order valence-corrected chi connectivity index (χ3v) is 7.36. The fourth-order valence-electron chi connectivity index (χ4n) is 4.20. The van der Waals surface area contributed by atoms with E-state index in [2.05, 4.69) is 35.4 Å². The van der Waals surface area contributed by atoms with Crippen molar-refractivity contribution >= 4 is 31.7 Å². The van der Waals surface area contributed by atoms with Crippen LogP contribution in [0.5, 0.6) is 0 Å². The lowest BCUT2D eigenvalue weighted by Gasteiger charge is -2.35. The van der Waals surface area contributed by atoms with Gasteiger partial charge in [-0.05, 0) is 53.5 Å². The summed E-state index contributed by atoms with van der Waals surface area (Å²) in [6.07, 6.45) is 14.1. The van der Waals surface area contributed by atoms with Crippen molar-refractivity contribution in [2.24, 2.45) is 0 Å². The summed E-state index contributed by atoms with van der Waals surface area (Å²) in [7, 11) is 2.34. The van der Waals surface area contributed by atoms with E-state index in [4.69, 9.17) is 5.41 Å². The molecule has 4 rings (SSSR count). The van der Waals surface area contributed by atoms with Gasteiger partial charge in [0.25, 0.3) is 5.91 Å². The molecule has 5 nitrogen and oxygen atoms in total. The lowest BCUT2D eigenvalue weighted by atomic mass is 9.98. The highest BCUT2D eigenvalue weighted by Crippen LogP contribution is 2.45. The molecule has 6 heteroatoms. The van der Waals surface area contributed by atoms with Crippen LogP contribution in [0.1, 0.15) is 30.9 Å². The quantitative estimate of drug-likeness (QED) is 0.529. The van der Waals surface area contributed by atoms with Crippen LogP contribution >= 0.6 is 8.58 Å². The van der Waals surface area contributed by atoms with Crippen molar-refractivity contribution in [3.8, 4) is 0 Å². The summed E-state index contributed by atoms with van der Waals surface area (Å²) in [5.41, 5.74) is 5.29. The number of fused-ring (bicyclic) bond motifs is 1. The second-order valence-corrected chi connectivity index (χ2v) is 9.23. The Kier molecular flexibility index (Phi) is 6.31. The molecule has 2 N–H and O–H groups in total. The summed E-state index contributed by atoms with van der Waals surface area (Å²) in [5, 5.41) is 11.8. The Bertz CT molecular complexity index is 975. The Balaban J connectivity index is 1.54. The monoisotopic (exact) mass is 420 g/mol. The maximum atomic E-state index is 12.9. The highest BCUT2D eigenvalue weighted by atomic mass is 31.1. The van der Waals surface area contributed by atoms with Gasteiger partial charge in [0.05, 0.1) is 5.78 Å². The van der Waals surface area contributed by atoms with Crippen LogP contribution in [0.4, 0.5) is 5.69 Å². The summed E-state index contributed by atoms with van der Waals surface area (Å²) in [6, 6.07) is 6.00. The van der Waals surface area contributed by atoms with Crippen LogP contribution in [-0.2, 0) is 4.79 Å². The number of nitrogens with zero attached hydrogens (tertiary/aromatic N) is 2. The summed E-state index contributed by atoms with van der Waals surface area (Å²) >= 11 is 0. The van der Waals surface area contributed by atoms with Gasteiger partial charge >= 0.3 is 0 Å². The fraction of sp³-hybridized carbons (Fsp3) is 0.333. The van der Waals surface area contributed by atoms with Crippen LogP contribution in [0.3, 0.4) is 0 Å². The van der Waals surface area contributed by atoms with Gasteiger partial charge in [0.2, 0.25) is 0 Å². The molecule has 1 aromatic rings. The van der Waals surface area contributed by atoms with Crippen LogP contribution in [0.15, 0.2) is 59.8 Å². The summed E-state index contributed by atoms with van der Waals surface area (Å²) in [6.45, 7) is 5.45. The molecule has 0 aliphatic carbocycles. The van der Waals surface area contributed by atoms with Crippen molar-refractivity contribution in [1.29, 1.82) is 5.41 Å². The van der Waals surface area contributed by atoms with Gasteiger partial charge in [0.15, 0.2) is 0 Å². The van der Waals surface area contributed by atoms with E-state index >= 15 is 0 Å². The fourth-order valence-corrected chi connectivity index (χ4v) is 5.59. The van der Waals surface area contributed by atoms with E-state index in [0.29, 0.717) is 8.58 Å². The predicted octanol–water partition coefficient (Wildman–Crippen LogP) is 4.41. The third kappa shape index (κ3) is 4.19. The number of carbonyl (C=O) groups excluding carboxylic acids is 1. The molecule has 1 amide bonds. The van der Waals surface area contributed by atoms with E-state index in [-0.39, 0.29) is 11.7 Å². The number of hydrogen-bond donors (Lipinski definition) is 2. The highest BCUT2D eigenvalue weighted by Gasteiger charge is 2.29. The first-order valence-corrected chi connectivity index (χ1v) is 11.7. The first-order chi connectivity index (χ1) is 14.6. The standard InChI is InChI=1S/C24H29N4OP/c1-3-10-27-11-8-17(9-12-27)19-5-7-24-28(16-19)23(29)14-22(30-24)18-4-6-21(26-2)20(13-18)15-25/h4-8,13-16,24-26,30H,3,9-12H2,1-2H3. The number of amides is 1. The summed E-state index contributed by atoms with van der Waals surface area (Å²) < 4.78 is 0. The lowest BCUT2D eigenvalue weighted by Crippen LogP contribution is -2.36. The van der Waals surface area contributed by atoms with Crippen molar-refractivity contribution in [3.63, 3.8) is 0 Å². The van der Waals surface area contributed by atoms with Crippen LogP contribution in [0.25, 0.3) is 5.31 Å². The van der Waals surface area contributed by atoms with Gasteiger partial charge in [-0.25, -0.2) is 0 Å². The van der Waals surface area contributed by atoms with E-state index in [1.165, 1.54) is 23.8 Å². The molecular formula is C24H29N4OP. The van der Waals surface area contributed by atoms with Crippen LogP contribution < -0.4 is 5.32 Å². The zero-order valence-electron chi connectivity index (χ0n) is 17.6. The second kappa shape index (κ2) is 9.11. The zero-order valence-corrected chi connectivity index (χ0v) is 18.6. The predicted molar refractivity (Wildman–Crippen MR) is 127 cm³/mol. The van der Waals surface area contributed by atoms with Crippen molar-refractivity contribution < 1.29 is 4.79 Å². The van der Waals surface area contributed by atoms with Crippen LogP contribution in [-0.4, -0.2) is 54.4 Å². The van der Waals surface area contributed by atoms with E-state index in [0.717, 1.165) is 48.2 Å². The van der Waals surface area contributed by atoms with Crippen molar-refractivity contribution in [1.82, 2.24) is 9.80 Å². The number of benzene rings is 1. The molecule has 30 heavy (non-hydrogen) atoms. The normalized spacial score (nSPS) is 22.3. The molecule has 3 heterocycles. The second-order valence-electron chi connectivity index (χ2n) is 7.81. The molecule has 156 valence electrons. The van der Waals surface area contributed by atoms with Crippen LogP contribution in [0.2, 0.25) is 0 Å². The number of allylic oxidation sites excluding steroid dienone is 2. The minimum absolute atomic E-state index is 0.0358. The SMILES string of the molecule is CCCN1CC=C(C2=CN3C(=O)C=C(c4ccc(NC)c(C=N)c4)PC3C=C2)CC1. The third-order valence-electron chi connectivity index (χ3n) is 5.85. The van der Waals surface area contributed by atoms with Crippen molar-refractivity contribution in [2.45, 2.75) is 25.5 Å². The van der Waals surface area contributed by atoms with Crippen molar-refractivity contribution in [2.75, 3.05) is 32.0 Å². The van der Waals surface area contributed by atoms with Crippen LogP contribution in [0, 0.1) is 5.41 Å². The zero-order chi connectivity index (χ0) is 21.1. The molecule has 0 aromatic heterocycles. The smallest absolute Gasteiger partial charge is 0.252 e. The molecule has 0 saturated carbocycles. The molecule has 2 atom stereocenters. The minimum atomic E-state index is 0.0358. The Labute approximate surface area is 180 Å². The maximum absolute atomic E-state index is 12.9. The van der Waals surface area contributed by atoms with E-state index in [1.54, 1.807) is 6.08 Å². The van der Waals surface area contributed by atoms with Gasteiger partial charge in [0, 0.05) is 49.9 Å². The van der Waals surface area contributed by atoms with Crippen molar-refractivity contribution in [3.05, 3.63) is 71.0 Å². The lowest BCUT2D eigenvalue weighted by molar-refractivity contribution is -0.123. The minimum Gasteiger partial charge on any atom is -0.388 e. The molecule has 3 aliphatic heterocycles. The van der Waals surface area contributed by atoms with E-state index in [9.17, 15) is 4.79 Å². The van der Waals surface area contributed by atoms with Gasteiger partial charge < -0.3 is 15.6 Å². The number of nitrogens with one attached hydrogen (secondary N) is 2. The molecule has 0 radical (unpaired) electrons. The first kappa shape index (κ1) is 20.8. The van der Waals surface area contributed by atoms with Gasteiger partial charge in [-0.3, -0.25) is 9.69 Å². The Morgan fingerprint density at radius 3 is 2.93 bits per heavy atom. The topological polar surface area (TPSA) is 59.4 Å². The summed E-state index contributed by atoms with van der Waals surface area (Å²) in [5.74, 6) is 0.114. The van der Waals surface area contributed by atoms with Gasteiger partial charge in [-0.1, -0.05) is 39.8 Å². The molecule has 3 aliphatic rings. The Morgan fingerprint density at radius 1 is 1.37 bits per heavy atom. The highest BCUT2D eigenvalue weighted by molar-refractivity contribution is 7.51. The van der Waals surface area contributed by atoms with Gasteiger partial charge in [0.1, 0.15) is 0 Å². The molecular weight excluding hydrogens is 391 g/mol. The number of anilines is 1. The van der Waals surface area contributed by atoms with Gasteiger partial charge in [-0.15, -0.1) is 0 Å². The molecule has 0 bridgehead atoms. The number of carbonyl (C=O) groups is 1. The van der Waals surface area contributed by atoms with Gasteiger partial charge in [-0.2, -0.15) is 0 Å². The Morgan fingerprint density at radius 2 is 2.23 bits per heavy atom. The van der Waals surface area contributed by atoms with E-state index in [1.807, 2.05) is 36.3 Å². The largest absolute Gasteiger partial charge is 0.388 e. The number of rotatable bonds is 6. The average molecular weight is 420 g/mol. The molecule has 0 spiro atoms. The number of hydrogen-bond acceptors (Lipinski definition) is 4. The molecule has 0 fully saturated rings. The maximum Gasteiger partial charge on any atom is 0.252 e. The summed E-state index contributed by atoms with van der Waals surface area (Å²) in [4.78, 5) is 17.3. The molecule has 0 saturated heterocycles. The average Bonchev–Trinajstić information content (AvgIpc) is 2.79. The van der Waals surface area contributed by atoms with E-state index < -0.39 is 0 Å².